The summed E-state index contributed by atoms with van der Waals surface area (Å²) in [5.74, 6) is 1.49. The van der Waals surface area contributed by atoms with Gasteiger partial charge in [0.1, 0.15) is 0 Å². The van der Waals surface area contributed by atoms with E-state index in [0.717, 1.165) is 48.3 Å². The maximum Gasteiger partial charge on any atom is 0.229 e. The van der Waals surface area contributed by atoms with Gasteiger partial charge in [0.2, 0.25) is 5.95 Å². The molecule has 0 aliphatic carbocycles. The second-order valence-corrected chi connectivity index (χ2v) is 6.69. The molecule has 0 radical (unpaired) electrons. The molecular formula is C18H21ClN6. The largest absolute Gasteiger partial charge is 0.341 e. The van der Waals surface area contributed by atoms with Crippen LogP contribution in [0.5, 0.6) is 0 Å². The number of imidazole rings is 1. The fourth-order valence-electron chi connectivity index (χ4n) is 3.19. The molecule has 0 spiro atoms. The third-order valence-corrected chi connectivity index (χ3v) is 4.75. The molecule has 0 atom stereocenters. The third-order valence-electron chi connectivity index (χ3n) is 4.52. The van der Waals surface area contributed by atoms with Gasteiger partial charge in [-0.1, -0.05) is 17.7 Å². The standard InChI is InChI=1S/C18H21ClN6/c1-2-24-12-20-15-16(21-14-8-6-7-13(19)11-14)22-18(23-17(15)24)25-9-4-3-5-10-25/h6-8,11-12H,2-5,9-10H2,1H3,(H,21,22,23). The Labute approximate surface area is 151 Å². The monoisotopic (exact) mass is 356 g/mol. The van der Waals surface area contributed by atoms with Crippen LogP contribution in [-0.2, 0) is 6.54 Å². The molecule has 1 N–H and O–H groups in total. The van der Waals surface area contributed by atoms with Gasteiger partial charge in [0, 0.05) is 30.3 Å². The van der Waals surface area contributed by atoms with E-state index in [0.29, 0.717) is 5.02 Å². The van der Waals surface area contributed by atoms with Crippen molar-refractivity contribution >= 4 is 40.2 Å². The summed E-state index contributed by atoms with van der Waals surface area (Å²) in [6, 6.07) is 7.62. The lowest BCUT2D eigenvalue weighted by Gasteiger charge is -2.27. The Bertz CT molecular complexity index is 884. The minimum atomic E-state index is 0.686. The van der Waals surface area contributed by atoms with E-state index >= 15 is 0 Å². The predicted octanol–water partition coefficient (Wildman–Crippen LogP) is 4.23. The van der Waals surface area contributed by atoms with E-state index in [2.05, 4.69) is 22.1 Å². The fraction of sp³-hybridized carbons (Fsp3) is 0.389. The van der Waals surface area contributed by atoms with Crippen LogP contribution in [0.25, 0.3) is 11.2 Å². The van der Waals surface area contributed by atoms with Crippen LogP contribution in [0.15, 0.2) is 30.6 Å². The van der Waals surface area contributed by atoms with Crippen LogP contribution >= 0.6 is 11.6 Å². The first kappa shape index (κ1) is 16.1. The van der Waals surface area contributed by atoms with Crippen molar-refractivity contribution in [2.45, 2.75) is 32.7 Å². The molecular weight excluding hydrogens is 336 g/mol. The summed E-state index contributed by atoms with van der Waals surface area (Å²) in [6.07, 6.45) is 5.47. The van der Waals surface area contributed by atoms with Crippen molar-refractivity contribution in [1.29, 1.82) is 0 Å². The zero-order chi connectivity index (χ0) is 17.2. The fourth-order valence-corrected chi connectivity index (χ4v) is 3.38. The minimum absolute atomic E-state index is 0.686. The Morgan fingerprint density at radius 3 is 2.76 bits per heavy atom. The Morgan fingerprint density at radius 1 is 1.16 bits per heavy atom. The number of piperidine rings is 1. The molecule has 0 saturated carbocycles. The molecule has 130 valence electrons. The molecule has 3 aromatic rings. The third kappa shape index (κ3) is 3.26. The van der Waals surface area contributed by atoms with E-state index in [4.69, 9.17) is 21.6 Å². The summed E-state index contributed by atoms with van der Waals surface area (Å²) in [5, 5.41) is 4.05. The van der Waals surface area contributed by atoms with Crippen molar-refractivity contribution in [1.82, 2.24) is 19.5 Å². The van der Waals surface area contributed by atoms with Crippen LogP contribution in [0, 0.1) is 0 Å². The Balaban J connectivity index is 1.79. The first-order valence-electron chi connectivity index (χ1n) is 8.75. The van der Waals surface area contributed by atoms with Crippen molar-refractivity contribution < 1.29 is 0 Å². The number of nitrogens with one attached hydrogen (secondary N) is 1. The van der Waals surface area contributed by atoms with Crippen LogP contribution < -0.4 is 10.2 Å². The quantitative estimate of drug-likeness (QED) is 0.757. The maximum absolute atomic E-state index is 6.11. The molecule has 25 heavy (non-hydrogen) atoms. The highest BCUT2D eigenvalue weighted by atomic mass is 35.5. The van der Waals surface area contributed by atoms with Gasteiger partial charge in [-0.3, -0.25) is 0 Å². The number of fused-ring (bicyclic) bond motifs is 1. The summed E-state index contributed by atoms with van der Waals surface area (Å²) in [5.41, 5.74) is 2.54. The molecule has 1 saturated heterocycles. The van der Waals surface area contributed by atoms with E-state index < -0.39 is 0 Å². The summed E-state index contributed by atoms with van der Waals surface area (Å²) < 4.78 is 2.05. The molecule has 3 heterocycles. The molecule has 6 nitrogen and oxygen atoms in total. The van der Waals surface area contributed by atoms with Crippen LogP contribution in [0.2, 0.25) is 5.02 Å². The number of rotatable bonds is 4. The zero-order valence-electron chi connectivity index (χ0n) is 14.2. The van der Waals surface area contributed by atoms with Crippen molar-refractivity contribution in [2.75, 3.05) is 23.3 Å². The van der Waals surface area contributed by atoms with Gasteiger partial charge in [0.05, 0.1) is 6.33 Å². The van der Waals surface area contributed by atoms with Gasteiger partial charge >= 0.3 is 0 Å². The summed E-state index contributed by atoms with van der Waals surface area (Å²) in [7, 11) is 0. The van der Waals surface area contributed by atoms with Gasteiger partial charge in [-0.15, -0.1) is 0 Å². The molecule has 0 unspecified atom stereocenters. The number of nitrogens with zero attached hydrogens (tertiary/aromatic N) is 5. The normalized spacial score (nSPS) is 14.9. The number of aryl methyl sites for hydroxylation is 1. The van der Waals surface area contributed by atoms with Crippen LogP contribution in [-0.4, -0.2) is 32.6 Å². The van der Waals surface area contributed by atoms with E-state index in [1.165, 1.54) is 19.3 Å². The minimum Gasteiger partial charge on any atom is -0.341 e. The van der Waals surface area contributed by atoms with Crippen molar-refractivity contribution in [2.24, 2.45) is 0 Å². The van der Waals surface area contributed by atoms with Gasteiger partial charge in [-0.2, -0.15) is 9.97 Å². The Morgan fingerprint density at radius 2 is 2.00 bits per heavy atom. The molecule has 1 fully saturated rings. The molecule has 0 bridgehead atoms. The smallest absolute Gasteiger partial charge is 0.229 e. The van der Waals surface area contributed by atoms with Gasteiger partial charge in [-0.05, 0) is 44.4 Å². The second kappa shape index (κ2) is 6.88. The molecule has 2 aromatic heterocycles. The van der Waals surface area contributed by atoms with Crippen LogP contribution in [0.1, 0.15) is 26.2 Å². The van der Waals surface area contributed by atoms with Gasteiger partial charge in [0.25, 0.3) is 0 Å². The topological polar surface area (TPSA) is 58.9 Å². The zero-order valence-corrected chi connectivity index (χ0v) is 15.0. The highest BCUT2D eigenvalue weighted by molar-refractivity contribution is 6.30. The van der Waals surface area contributed by atoms with Crippen LogP contribution in [0.3, 0.4) is 0 Å². The van der Waals surface area contributed by atoms with Crippen molar-refractivity contribution in [3.8, 4) is 0 Å². The lowest BCUT2D eigenvalue weighted by atomic mass is 10.1. The van der Waals surface area contributed by atoms with Gasteiger partial charge < -0.3 is 14.8 Å². The highest BCUT2D eigenvalue weighted by Crippen LogP contribution is 2.27. The molecule has 1 aliphatic rings. The number of anilines is 3. The SMILES string of the molecule is CCn1cnc2c(Nc3cccc(Cl)c3)nc(N3CCCCC3)nc21. The molecule has 4 rings (SSSR count). The van der Waals surface area contributed by atoms with E-state index in [1.807, 2.05) is 35.2 Å². The molecule has 0 amide bonds. The lowest BCUT2D eigenvalue weighted by Crippen LogP contribution is -2.31. The average molecular weight is 357 g/mol. The molecule has 7 heteroatoms. The van der Waals surface area contributed by atoms with E-state index in [9.17, 15) is 0 Å². The average Bonchev–Trinajstić information content (AvgIpc) is 3.06. The van der Waals surface area contributed by atoms with Crippen LogP contribution in [0.4, 0.5) is 17.5 Å². The number of hydrogen-bond donors (Lipinski definition) is 1. The van der Waals surface area contributed by atoms with Gasteiger partial charge in [0.15, 0.2) is 17.0 Å². The summed E-state index contributed by atoms with van der Waals surface area (Å²) >= 11 is 6.11. The number of halogens is 1. The van der Waals surface area contributed by atoms with Gasteiger partial charge in [-0.25, -0.2) is 4.98 Å². The predicted molar refractivity (Wildman–Crippen MR) is 102 cm³/mol. The first-order chi connectivity index (χ1) is 12.2. The number of hydrogen-bond acceptors (Lipinski definition) is 5. The molecule has 1 aromatic carbocycles. The highest BCUT2D eigenvalue weighted by Gasteiger charge is 2.19. The maximum atomic E-state index is 6.11. The second-order valence-electron chi connectivity index (χ2n) is 6.26. The first-order valence-corrected chi connectivity index (χ1v) is 9.13. The summed E-state index contributed by atoms with van der Waals surface area (Å²) in [4.78, 5) is 16.4. The lowest BCUT2D eigenvalue weighted by molar-refractivity contribution is 0.568. The summed E-state index contributed by atoms with van der Waals surface area (Å²) in [6.45, 7) is 4.92. The number of aromatic nitrogens is 4. The number of benzene rings is 1. The van der Waals surface area contributed by atoms with Crippen molar-refractivity contribution in [3.05, 3.63) is 35.6 Å². The van der Waals surface area contributed by atoms with E-state index in [-0.39, 0.29) is 0 Å². The molecule has 1 aliphatic heterocycles. The van der Waals surface area contributed by atoms with E-state index in [1.54, 1.807) is 0 Å². The Kier molecular flexibility index (Phi) is 4.44. The van der Waals surface area contributed by atoms with Crippen molar-refractivity contribution in [3.63, 3.8) is 0 Å². The Hall–Kier alpha value is -2.34.